The summed E-state index contributed by atoms with van der Waals surface area (Å²) in [5, 5.41) is 3.96. The quantitative estimate of drug-likeness (QED) is 0.918. The number of amides is 2. The smallest absolute Gasteiger partial charge is 0.318 e. The molecule has 1 saturated carbocycles. The number of urea groups is 1. The van der Waals surface area contributed by atoms with Crippen molar-refractivity contribution in [2.45, 2.75) is 18.4 Å². The number of benzene rings is 1. The van der Waals surface area contributed by atoms with Gasteiger partial charge in [-0.05, 0) is 42.7 Å². The molecule has 1 aliphatic heterocycles. The zero-order chi connectivity index (χ0) is 17.3. The van der Waals surface area contributed by atoms with Gasteiger partial charge in [0.15, 0.2) is 0 Å². The number of anilines is 1. The second-order valence-electron chi connectivity index (χ2n) is 6.68. The summed E-state index contributed by atoms with van der Waals surface area (Å²) >= 11 is 5.97. The van der Waals surface area contributed by atoms with Crippen LogP contribution < -0.4 is 10.2 Å². The number of nitrogens with one attached hydrogen (secondary N) is 1. The third-order valence-electron chi connectivity index (χ3n) is 5.03. The number of hydrogen-bond donors (Lipinski definition) is 1. The number of pyridine rings is 1. The van der Waals surface area contributed by atoms with E-state index in [-0.39, 0.29) is 11.6 Å². The highest BCUT2D eigenvalue weighted by atomic mass is 35.5. The van der Waals surface area contributed by atoms with Gasteiger partial charge in [0.2, 0.25) is 0 Å². The summed E-state index contributed by atoms with van der Waals surface area (Å²) in [5.74, 6) is 0.974. The van der Waals surface area contributed by atoms with Crippen LogP contribution in [-0.4, -0.2) is 42.1 Å². The van der Waals surface area contributed by atoms with Crippen molar-refractivity contribution in [1.29, 1.82) is 0 Å². The van der Waals surface area contributed by atoms with Crippen LogP contribution in [0, 0.1) is 0 Å². The highest BCUT2D eigenvalue weighted by Crippen LogP contribution is 2.45. The van der Waals surface area contributed by atoms with Crippen molar-refractivity contribution in [1.82, 2.24) is 15.2 Å². The highest BCUT2D eigenvalue weighted by molar-refractivity contribution is 6.30. The molecule has 0 radical (unpaired) electrons. The number of piperazine rings is 1. The molecule has 0 atom stereocenters. The van der Waals surface area contributed by atoms with Gasteiger partial charge in [-0.25, -0.2) is 9.78 Å². The Balaban J connectivity index is 1.36. The van der Waals surface area contributed by atoms with Crippen LogP contribution in [0.15, 0.2) is 48.7 Å². The van der Waals surface area contributed by atoms with E-state index in [4.69, 9.17) is 11.6 Å². The van der Waals surface area contributed by atoms with Crippen LogP contribution in [0.5, 0.6) is 0 Å². The standard InChI is InChI=1S/C19H21ClN4O/c20-16-6-4-15(5-7-16)19(8-9-19)22-18(25)24-13-11-23(12-14-24)17-3-1-2-10-21-17/h1-7,10H,8-9,11-14H2,(H,22,25). The molecule has 2 heterocycles. The predicted octanol–water partition coefficient (Wildman–Crippen LogP) is 3.26. The lowest BCUT2D eigenvalue weighted by atomic mass is 10.1. The molecular formula is C19H21ClN4O. The van der Waals surface area contributed by atoms with E-state index in [1.807, 2.05) is 47.4 Å². The second kappa shape index (κ2) is 6.56. The van der Waals surface area contributed by atoms with Crippen molar-refractivity contribution >= 4 is 23.4 Å². The molecule has 1 aliphatic carbocycles. The fourth-order valence-electron chi connectivity index (χ4n) is 3.34. The summed E-state index contributed by atoms with van der Waals surface area (Å²) in [4.78, 5) is 21.2. The molecule has 0 spiro atoms. The number of carbonyl (C=O) groups excluding carboxylic acids is 1. The summed E-state index contributed by atoms with van der Waals surface area (Å²) in [5.41, 5.74) is 0.928. The SMILES string of the molecule is O=C(NC1(c2ccc(Cl)cc2)CC1)N1CCN(c2ccccn2)CC1. The Morgan fingerprint density at radius 1 is 1.04 bits per heavy atom. The molecule has 5 nitrogen and oxygen atoms in total. The molecule has 1 N–H and O–H groups in total. The lowest BCUT2D eigenvalue weighted by molar-refractivity contribution is 0.188. The number of aromatic nitrogens is 1. The molecular weight excluding hydrogens is 336 g/mol. The maximum absolute atomic E-state index is 12.7. The second-order valence-corrected chi connectivity index (χ2v) is 7.12. The van der Waals surface area contributed by atoms with Gasteiger partial charge in [0.1, 0.15) is 5.82 Å². The molecule has 2 amide bonds. The summed E-state index contributed by atoms with van der Waals surface area (Å²) in [6.07, 6.45) is 3.76. The van der Waals surface area contributed by atoms with E-state index in [1.165, 1.54) is 0 Å². The molecule has 2 aromatic rings. The first-order valence-corrected chi connectivity index (χ1v) is 9.03. The molecule has 4 rings (SSSR count). The molecule has 25 heavy (non-hydrogen) atoms. The van der Waals surface area contributed by atoms with E-state index in [1.54, 1.807) is 6.20 Å². The molecule has 6 heteroatoms. The molecule has 1 aromatic carbocycles. The molecule has 2 fully saturated rings. The number of halogens is 1. The average Bonchev–Trinajstić information content (AvgIpc) is 3.43. The average molecular weight is 357 g/mol. The van der Waals surface area contributed by atoms with E-state index in [0.29, 0.717) is 13.1 Å². The minimum Gasteiger partial charge on any atom is -0.353 e. The lowest BCUT2D eigenvalue weighted by Crippen LogP contribution is -2.53. The van der Waals surface area contributed by atoms with E-state index in [0.717, 1.165) is 42.3 Å². The molecule has 2 aliphatic rings. The van der Waals surface area contributed by atoms with Crippen molar-refractivity contribution < 1.29 is 4.79 Å². The molecule has 0 bridgehead atoms. The van der Waals surface area contributed by atoms with Gasteiger partial charge >= 0.3 is 6.03 Å². The van der Waals surface area contributed by atoms with Crippen LogP contribution in [-0.2, 0) is 5.54 Å². The summed E-state index contributed by atoms with van der Waals surface area (Å²) in [7, 11) is 0. The van der Waals surface area contributed by atoms with Gasteiger partial charge in [0.05, 0.1) is 5.54 Å². The van der Waals surface area contributed by atoms with Gasteiger partial charge in [-0.1, -0.05) is 29.8 Å². The zero-order valence-corrected chi connectivity index (χ0v) is 14.7. The number of carbonyl (C=O) groups is 1. The fraction of sp³-hybridized carbons (Fsp3) is 0.368. The number of hydrogen-bond acceptors (Lipinski definition) is 3. The lowest BCUT2D eigenvalue weighted by Gasteiger charge is -2.36. The zero-order valence-electron chi connectivity index (χ0n) is 14.0. The Labute approximate surface area is 152 Å². The fourth-order valence-corrected chi connectivity index (χ4v) is 3.47. The van der Waals surface area contributed by atoms with E-state index < -0.39 is 0 Å². The van der Waals surface area contributed by atoms with Crippen molar-refractivity contribution in [3.05, 3.63) is 59.2 Å². The minimum absolute atomic E-state index is 0.0214. The highest BCUT2D eigenvalue weighted by Gasteiger charge is 2.46. The van der Waals surface area contributed by atoms with Gasteiger partial charge in [-0.3, -0.25) is 0 Å². The Hall–Kier alpha value is -2.27. The van der Waals surface area contributed by atoms with Gasteiger partial charge < -0.3 is 15.1 Å². The first-order valence-electron chi connectivity index (χ1n) is 8.65. The molecule has 1 saturated heterocycles. The van der Waals surface area contributed by atoms with Crippen LogP contribution in [0.1, 0.15) is 18.4 Å². The largest absolute Gasteiger partial charge is 0.353 e. The molecule has 130 valence electrons. The van der Waals surface area contributed by atoms with E-state index in [2.05, 4.69) is 15.2 Å². The monoisotopic (exact) mass is 356 g/mol. The van der Waals surface area contributed by atoms with Gasteiger partial charge in [-0.15, -0.1) is 0 Å². The topological polar surface area (TPSA) is 48.5 Å². The van der Waals surface area contributed by atoms with Crippen molar-refractivity contribution in [3.63, 3.8) is 0 Å². The normalized spacial score (nSPS) is 18.8. The molecule has 0 unspecified atom stereocenters. The summed E-state index contributed by atoms with van der Waals surface area (Å²) in [6, 6.07) is 13.7. The van der Waals surface area contributed by atoms with Gasteiger partial charge in [0.25, 0.3) is 0 Å². The third kappa shape index (κ3) is 3.42. The number of nitrogens with zero attached hydrogens (tertiary/aromatic N) is 3. The number of rotatable bonds is 3. The Bertz CT molecular complexity index is 738. The molecule has 1 aromatic heterocycles. The van der Waals surface area contributed by atoms with Crippen LogP contribution in [0.25, 0.3) is 0 Å². The van der Waals surface area contributed by atoms with Crippen LogP contribution in [0.2, 0.25) is 5.02 Å². The Morgan fingerprint density at radius 2 is 1.76 bits per heavy atom. The predicted molar refractivity (Wildman–Crippen MR) is 98.9 cm³/mol. The van der Waals surface area contributed by atoms with Crippen LogP contribution in [0.4, 0.5) is 10.6 Å². The van der Waals surface area contributed by atoms with E-state index >= 15 is 0 Å². The van der Waals surface area contributed by atoms with Crippen molar-refractivity contribution in [2.75, 3.05) is 31.1 Å². The maximum Gasteiger partial charge on any atom is 0.318 e. The summed E-state index contributed by atoms with van der Waals surface area (Å²) in [6.45, 7) is 3.02. The third-order valence-corrected chi connectivity index (χ3v) is 5.29. The minimum atomic E-state index is -0.209. The first-order chi connectivity index (χ1) is 12.2. The maximum atomic E-state index is 12.7. The van der Waals surface area contributed by atoms with Crippen molar-refractivity contribution in [3.8, 4) is 0 Å². The van der Waals surface area contributed by atoms with E-state index in [9.17, 15) is 4.79 Å². The Morgan fingerprint density at radius 3 is 2.36 bits per heavy atom. The van der Waals surface area contributed by atoms with Crippen LogP contribution in [0.3, 0.4) is 0 Å². The first kappa shape index (κ1) is 16.2. The van der Waals surface area contributed by atoms with Gasteiger partial charge in [-0.2, -0.15) is 0 Å². The summed E-state index contributed by atoms with van der Waals surface area (Å²) < 4.78 is 0. The van der Waals surface area contributed by atoms with Gasteiger partial charge in [0, 0.05) is 37.4 Å². The van der Waals surface area contributed by atoms with Crippen LogP contribution >= 0.6 is 11.6 Å². The Kier molecular flexibility index (Phi) is 4.25. The van der Waals surface area contributed by atoms with Crippen molar-refractivity contribution in [2.24, 2.45) is 0 Å².